The lowest BCUT2D eigenvalue weighted by Crippen LogP contribution is -2.41. The third-order valence-corrected chi connectivity index (χ3v) is 11.3. The summed E-state index contributed by atoms with van der Waals surface area (Å²) in [5.41, 5.74) is 0. The molecule has 1 atom stereocenters. The van der Waals surface area contributed by atoms with Crippen LogP contribution in [0.5, 0.6) is 0 Å². The molecular weight excluding hydrogens is 260 g/mol. The fourth-order valence-electron chi connectivity index (χ4n) is 1.89. The number of allylic oxidation sites excluding steroid dienone is 1. The molecule has 1 unspecified atom stereocenters. The van der Waals surface area contributed by atoms with E-state index >= 15 is 0 Å². The van der Waals surface area contributed by atoms with Gasteiger partial charge in [-0.2, -0.15) is 0 Å². The Balaban J connectivity index is 4.60. The molecule has 0 radical (unpaired) electrons. The van der Waals surface area contributed by atoms with E-state index < -0.39 is 17.9 Å². The third kappa shape index (κ3) is 5.02. The molecule has 0 saturated carbocycles. The van der Waals surface area contributed by atoms with Crippen LogP contribution in [-0.4, -0.2) is 33.5 Å². The van der Waals surface area contributed by atoms with E-state index in [1.165, 1.54) is 6.26 Å². The van der Waals surface area contributed by atoms with Gasteiger partial charge < -0.3 is 0 Å². The van der Waals surface area contributed by atoms with Crippen LogP contribution in [0.1, 0.15) is 20.8 Å². The molecule has 0 rings (SSSR count). The van der Waals surface area contributed by atoms with Gasteiger partial charge in [-0.25, -0.2) is 8.42 Å². The average Bonchev–Trinajstić information content (AvgIpc) is 2.19. The van der Waals surface area contributed by atoms with E-state index in [4.69, 9.17) is 11.6 Å². The van der Waals surface area contributed by atoms with Gasteiger partial charge in [-0.3, -0.25) is 0 Å². The number of sulfone groups is 1. The zero-order chi connectivity index (χ0) is 12.8. The standard InChI is InChI=1S/C11H23ClO2SSi/c1-5-16(6-2,7-3)11(12)9-8-10-15(4,13)14/h8-9,11H,5-7,10H2,1-4H3/b9-8+. The molecule has 0 N–H and O–H groups in total. The Labute approximate surface area is 106 Å². The first-order chi connectivity index (χ1) is 7.31. The minimum absolute atomic E-state index is 0.0502. The minimum Gasteiger partial charge on any atom is -0.229 e. The number of alkyl halides is 1. The molecule has 0 bridgehead atoms. The first kappa shape index (κ1) is 16.2. The van der Waals surface area contributed by atoms with Crippen molar-refractivity contribution in [2.24, 2.45) is 0 Å². The van der Waals surface area contributed by atoms with Crippen LogP contribution in [0, 0.1) is 0 Å². The molecule has 0 aromatic heterocycles. The summed E-state index contributed by atoms with van der Waals surface area (Å²) in [6, 6.07) is 3.45. The molecule has 0 aromatic rings. The van der Waals surface area contributed by atoms with E-state index in [-0.39, 0.29) is 10.8 Å². The van der Waals surface area contributed by atoms with E-state index in [1.54, 1.807) is 6.08 Å². The summed E-state index contributed by atoms with van der Waals surface area (Å²) < 4.78 is 22.0. The molecule has 2 nitrogen and oxygen atoms in total. The van der Waals surface area contributed by atoms with Gasteiger partial charge in [-0.15, -0.1) is 11.6 Å². The van der Waals surface area contributed by atoms with E-state index in [2.05, 4.69) is 20.8 Å². The summed E-state index contributed by atoms with van der Waals surface area (Å²) in [6.45, 7) is 6.58. The van der Waals surface area contributed by atoms with Crippen LogP contribution in [0.15, 0.2) is 12.2 Å². The number of rotatable bonds is 7. The van der Waals surface area contributed by atoms with Crippen molar-refractivity contribution in [3.63, 3.8) is 0 Å². The highest BCUT2D eigenvalue weighted by atomic mass is 35.5. The molecule has 16 heavy (non-hydrogen) atoms. The summed E-state index contributed by atoms with van der Waals surface area (Å²) in [7, 11) is -4.35. The molecule has 0 aliphatic carbocycles. The normalized spacial score (nSPS) is 15.6. The molecule has 0 aliphatic rings. The van der Waals surface area contributed by atoms with Gasteiger partial charge in [-0.1, -0.05) is 51.1 Å². The van der Waals surface area contributed by atoms with Gasteiger partial charge in [0.2, 0.25) is 0 Å². The monoisotopic (exact) mass is 282 g/mol. The maximum absolute atomic E-state index is 11.0. The number of halogens is 1. The lowest BCUT2D eigenvalue weighted by Gasteiger charge is -2.31. The smallest absolute Gasteiger partial charge is 0.150 e. The van der Waals surface area contributed by atoms with Crippen molar-refractivity contribution in [2.45, 2.75) is 43.9 Å². The summed E-state index contributed by atoms with van der Waals surface area (Å²) in [6.07, 6.45) is 4.84. The summed E-state index contributed by atoms with van der Waals surface area (Å²) in [5.74, 6) is 0.0951. The average molecular weight is 283 g/mol. The second-order valence-corrected chi connectivity index (χ2v) is 12.8. The molecule has 0 heterocycles. The van der Waals surface area contributed by atoms with Gasteiger partial charge in [0.15, 0.2) is 9.84 Å². The molecule has 0 amide bonds. The fourth-order valence-corrected chi connectivity index (χ4v) is 7.06. The van der Waals surface area contributed by atoms with Gasteiger partial charge in [0.05, 0.1) is 13.8 Å². The van der Waals surface area contributed by atoms with Crippen molar-refractivity contribution in [3.05, 3.63) is 12.2 Å². The second-order valence-electron chi connectivity index (χ2n) is 4.35. The molecule has 96 valence electrons. The van der Waals surface area contributed by atoms with Crippen molar-refractivity contribution < 1.29 is 8.42 Å². The summed E-state index contributed by atoms with van der Waals surface area (Å²) >= 11 is 6.41. The minimum atomic E-state index is -2.92. The van der Waals surface area contributed by atoms with Crippen LogP contribution in [0.4, 0.5) is 0 Å². The lowest BCUT2D eigenvalue weighted by molar-refractivity contribution is 0.604. The van der Waals surface area contributed by atoms with Crippen molar-refractivity contribution in [3.8, 4) is 0 Å². The zero-order valence-corrected chi connectivity index (χ0v) is 13.2. The van der Waals surface area contributed by atoms with Crippen LogP contribution < -0.4 is 0 Å². The zero-order valence-electron chi connectivity index (χ0n) is 10.7. The lowest BCUT2D eigenvalue weighted by atomic mass is 10.6. The Morgan fingerprint density at radius 3 is 1.94 bits per heavy atom. The Kier molecular flexibility index (Phi) is 6.90. The summed E-state index contributed by atoms with van der Waals surface area (Å²) in [5, 5.41) is 0.0502. The predicted molar refractivity (Wildman–Crippen MR) is 75.7 cm³/mol. The molecule has 0 spiro atoms. The molecule has 0 saturated heterocycles. The molecule has 0 aliphatic heterocycles. The Morgan fingerprint density at radius 2 is 1.62 bits per heavy atom. The number of hydrogen-bond donors (Lipinski definition) is 0. The molecular formula is C11H23ClO2SSi. The SMILES string of the molecule is CC[Si](CC)(CC)C(Cl)/C=C/CS(C)(=O)=O. The van der Waals surface area contributed by atoms with Gasteiger partial charge in [-0.05, 0) is 0 Å². The fraction of sp³-hybridized carbons (Fsp3) is 0.818. The Bertz CT molecular complexity index is 313. The van der Waals surface area contributed by atoms with Crippen LogP contribution in [0.3, 0.4) is 0 Å². The van der Waals surface area contributed by atoms with E-state index in [0.717, 1.165) is 18.1 Å². The maximum Gasteiger partial charge on any atom is 0.150 e. The summed E-state index contributed by atoms with van der Waals surface area (Å²) in [4.78, 5) is 0. The first-order valence-corrected chi connectivity index (χ1v) is 11.0. The van der Waals surface area contributed by atoms with Crippen LogP contribution in [-0.2, 0) is 9.84 Å². The largest absolute Gasteiger partial charge is 0.229 e. The Hall–Kier alpha value is 0.197. The van der Waals surface area contributed by atoms with Crippen molar-refractivity contribution in [1.29, 1.82) is 0 Å². The van der Waals surface area contributed by atoms with Crippen LogP contribution in [0.25, 0.3) is 0 Å². The van der Waals surface area contributed by atoms with Crippen molar-refractivity contribution >= 4 is 29.5 Å². The van der Waals surface area contributed by atoms with Gasteiger partial charge >= 0.3 is 0 Å². The molecule has 0 fully saturated rings. The van der Waals surface area contributed by atoms with E-state index in [1.807, 2.05) is 6.08 Å². The third-order valence-electron chi connectivity index (χ3n) is 3.40. The highest BCUT2D eigenvalue weighted by molar-refractivity contribution is 7.90. The van der Waals surface area contributed by atoms with Crippen LogP contribution >= 0.6 is 11.6 Å². The molecule has 0 aromatic carbocycles. The van der Waals surface area contributed by atoms with E-state index in [9.17, 15) is 8.42 Å². The first-order valence-electron chi connectivity index (χ1n) is 5.79. The van der Waals surface area contributed by atoms with Crippen molar-refractivity contribution in [1.82, 2.24) is 0 Å². The highest BCUT2D eigenvalue weighted by Gasteiger charge is 2.33. The molecule has 5 heteroatoms. The van der Waals surface area contributed by atoms with E-state index in [0.29, 0.717) is 0 Å². The quantitative estimate of drug-likeness (QED) is 0.408. The van der Waals surface area contributed by atoms with Gasteiger partial charge in [0.25, 0.3) is 0 Å². The van der Waals surface area contributed by atoms with Crippen LogP contribution in [0.2, 0.25) is 18.1 Å². The van der Waals surface area contributed by atoms with Gasteiger partial charge in [0.1, 0.15) is 0 Å². The predicted octanol–water partition coefficient (Wildman–Crippen LogP) is 3.24. The second kappa shape index (κ2) is 6.82. The highest BCUT2D eigenvalue weighted by Crippen LogP contribution is 2.28. The topological polar surface area (TPSA) is 34.1 Å². The maximum atomic E-state index is 11.0. The van der Waals surface area contributed by atoms with Gasteiger partial charge in [0, 0.05) is 11.3 Å². The number of hydrogen-bond acceptors (Lipinski definition) is 2. The Morgan fingerprint density at radius 1 is 1.19 bits per heavy atom. The van der Waals surface area contributed by atoms with Crippen molar-refractivity contribution in [2.75, 3.05) is 12.0 Å².